The van der Waals surface area contributed by atoms with Crippen molar-refractivity contribution in [3.63, 3.8) is 0 Å². The van der Waals surface area contributed by atoms with E-state index in [2.05, 4.69) is 5.10 Å². The molecule has 0 saturated heterocycles. The van der Waals surface area contributed by atoms with Crippen LogP contribution in [0.4, 0.5) is 5.69 Å². The monoisotopic (exact) mass is 335 g/mol. The van der Waals surface area contributed by atoms with Gasteiger partial charge in [0, 0.05) is 17.7 Å². The molecule has 7 nitrogen and oxygen atoms in total. The van der Waals surface area contributed by atoms with Gasteiger partial charge >= 0.3 is 0 Å². The van der Waals surface area contributed by atoms with Crippen molar-refractivity contribution in [1.82, 2.24) is 0 Å². The second-order valence-corrected chi connectivity index (χ2v) is 4.92. The largest absolute Gasteiger partial charge is 0.496 e. The van der Waals surface area contributed by atoms with Gasteiger partial charge in [-0.1, -0.05) is 11.6 Å². The highest BCUT2D eigenvalue weighted by Crippen LogP contribution is 2.30. The number of rotatable bonds is 6. The number of nitro groups is 1. The van der Waals surface area contributed by atoms with Gasteiger partial charge in [0.05, 0.1) is 23.3 Å². The number of hydrogen-bond donors (Lipinski definition) is 1. The van der Waals surface area contributed by atoms with E-state index in [4.69, 9.17) is 26.9 Å². The van der Waals surface area contributed by atoms with Crippen molar-refractivity contribution < 1.29 is 14.4 Å². The Kier molecular flexibility index (Phi) is 5.37. The summed E-state index contributed by atoms with van der Waals surface area (Å²) in [5, 5.41) is 14.3. The highest BCUT2D eigenvalue weighted by Gasteiger charge is 2.11. The van der Waals surface area contributed by atoms with Crippen molar-refractivity contribution in [3.05, 3.63) is 62.7 Å². The fourth-order valence-electron chi connectivity index (χ4n) is 1.95. The van der Waals surface area contributed by atoms with Crippen LogP contribution in [0.15, 0.2) is 41.5 Å². The SMILES string of the molecule is COc1ccc(C=NN)cc1COc1ccc([N+](=O)[O-])cc1Cl. The summed E-state index contributed by atoms with van der Waals surface area (Å²) in [6, 6.07) is 9.42. The molecule has 0 aromatic heterocycles. The molecule has 0 aliphatic carbocycles. The predicted molar refractivity (Wildman–Crippen MR) is 87.2 cm³/mol. The van der Waals surface area contributed by atoms with Crippen molar-refractivity contribution in [2.75, 3.05) is 7.11 Å². The minimum Gasteiger partial charge on any atom is -0.496 e. The van der Waals surface area contributed by atoms with Crippen LogP contribution in [-0.4, -0.2) is 18.2 Å². The number of methoxy groups -OCH3 is 1. The number of non-ortho nitro benzene ring substituents is 1. The molecule has 0 aliphatic rings. The Morgan fingerprint density at radius 3 is 2.65 bits per heavy atom. The van der Waals surface area contributed by atoms with Crippen molar-refractivity contribution in [3.8, 4) is 11.5 Å². The first kappa shape index (κ1) is 16.6. The Morgan fingerprint density at radius 1 is 1.30 bits per heavy atom. The zero-order chi connectivity index (χ0) is 16.8. The van der Waals surface area contributed by atoms with E-state index in [0.29, 0.717) is 11.5 Å². The van der Waals surface area contributed by atoms with Crippen LogP contribution < -0.4 is 15.3 Å². The summed E-state index contributed by atoms with van der Waals surface area (Å²) in [6.45, 7) is 0.174. The highest BCUT2D eigenvalue weighted by molar-refractivity contribution is 6.32. The summed E-state index contributed by atoms with van der Waals surface area (Å²) in [5.41, 5.74) is 1.46. The third kappa shape index (κ3) is 4.10. The van der Waals surface area contributed by atoms with Crippen molar-refractivity contribution in [2.45, 2.75) is 6.61 Å². The second-order valence-electron chi connectivity index (χ2n) is 4.51. The third-order valence-electron chi connectivity index (χ3n) is 3.04. The van der Waals surface area contributed by atoms with E-state index in [1.54, 1.807) is 19.2 Å². The van der Waals surface area contributed by atoms with Gasteiger partial charge in [0.2, 0.25) is 0 Å². The number of nitro benzene ring substituents is 1. The van der Waals surface area contributed by atoms with Crippen LogP contribution in [0.3, 0.4) is 0 Å². The molecule has 2 N–H and O–H groups in total. The first-order valence-electron chi connectivity index (χ1n) is 6.52. The molecular weight excluding hydrogens is 322 g/mol. The van der Waals surface area contributed by atoms with Crippen LogP contribution >= 0.6 is 11.6 Å². The van der Waals surface area contributed by atoms with Gasteiger partial charge in [0.1, 0.15) is 18.1 Å². The normalized spacial score (nSPS) is 10.7. The fourth-order valence-corrected chi connectivity index (χ4v) is 2.18. The van der Waals surface area contributed by atoms with Crippen LogP contribution in [0.5, 0.6) is 11.5 Å². The van der Waals surface area contributed by atoms with Gasteiger partial charge in [-0.15, -0.1) is 0 Å². The van der Waals surface area contributed by atoms with E-state index in [1.807, 2.05) is 6.07 Å². The van der Waals surface area contributed by atoms with Gasteiger partial charge in [0.25, 0.3) is 5.69 Å². The van der Waals surface area contributed by atoms with Crippen molar-refractivity contribution >= 4 is 23.5 Å². The lowest BCUT2D eigenvalue weighted by Gasteiger charge is -2.12. The quantitative estimate of drug-likeness (QED) is 0.378. The molecule has 0 radical (unpaired) electrons. The number of nitrogens with two attached hydrogens (primary N) is 1. The van der Waals surface area contributed by atoms with Gasteiger partial charge in [-0.3, -0.25) is 10.1 Å². The molecule has 2 aromatic carbocycles. The molecule has 2 aromatic rings. The lowest BCUT2D eigenvalue weighted by molar-refractivity contribution is -0.384. The van der Waals surface area contributed by atoms with Crippen LogP contribution in [0.1, 0.15) is 11.1 Å². The molecule has 0 fully saturated rings. The third-order valence-corrected chi connectivity index (χ3v) is 3.33. The van der Waals surface area contributed by atoms with Gasteiger partial charge in [-0.05, 0) is 29.8 Å². The fraction of sp³-hybridized carbons (Fsp3) is 0.133. The van der Waals surface area contributed by atoms with Gasteiger partial charge in [-0.2, -0.15) is 5.10 Å². The minimum absolute atomic E-state index is 0.0962. The summed E-state index contributed by atoms with van der Waals surface area (Å²) < 4.78 is 10.9. The summed E-state index contributed by atoms with van der Waals surface area (Å²) in [6.07, 6.45) is 1.50. The van der Waals surface area contributed by atoms with E-state index in [9.17, 15) is 10.1 Å². The van der Waals surface area contributed by atoms with E-state index in [1.165, 1.54) is 24.4 Å². The summed E-state index contributed by atoms with van der Waals surface area (Å²) in [5.74, 6) is 6.12. The number of benzene rings is 2. The van der Waals surface area contributed by atoms with Crippen molar-refractivity contribution in [2.24, 2.45) is 10.9 Å². The number of hydrogen-bond acceptors (Lipinski definition) is 6. The second kappa shape index (κ2) is 7.46. The topological polar surface area (TPSA) is 100.0 Å². The zero-order valence-electron chi connectivity index (χ0n) is 12.2. The molecule has 120 valence electrons. The Balaban J connectivity index is 2.20. The molecule has 0 atom stereocenters. The van der Waals surface area contributed by atoms with E-state index in [-0.39, 0.29) is 17.3 Å². The molecule has 23 heavy (non-hydrogen) atoms. The highest BCUT2D eigenvalue weighted by atomic mass is 35.5. The molecule has 0 aliphatic heterocycles. The zero-order valence-corrected chi connectivity index (χ0v) is 13.0. The Hall–Kier alpha value is -2.80. The van der Waals surface area contributed by atoms with E-state index >= 15 is 0 Å². The number of hydrazone groups is 1. The maximum atomic E-state index is 10.7. The Morgan fingerprint density at radius 2 is 2.04 bits per heavy atom. The first-order chi connectivity index (χ1) is 11.0. The predicted octanol–water partition coefficient (Wildman–Crippen LogP) is 3.13. The lowest BCUT2D eigenvalue weighted by atomic mass is 10.1. The van der Waals surface area contributed by atoms with Crippen LogP contribution in [0, 0.1) is 10.1 Å². The summed E-state index contributed by atoms with van der Waals surface area (Å²) in [4.78, 5) is 10.2. The molecule has 0 amide bonds. The molecule has 8 heteroatoms. The average Bonchev–Trinajstić information content (AvgIpc) is 2.54. The molecule has 0 heterocycles. The summed E-state index contributed by atoms with van der Waals surface area (Å²) >= 11 is 6.00. The van der Waals surface area contributed by atoms with E-state index < -0.39 is 4.92 Å². The number of ether oxygens (including phenoxy) is 2. The number of halogens is 1. The summed E-state index contributed by atoms with van der Waals surface area (Å²) in [7, 11) is 1.55. The van der Waals surface area contributed by atoms with Crippen LogP contribution in [-0.2, 0) is 6.61 Å². The van der Waals surface area contributed by atoms with Crippen LogP contribution in [0.25, 0.3) is 0 Å². The van der Waals surface area contributed by atoms with E-state index in [0.717, 1.165) is 11.1 Å². The van der Waals surface area contributed by atoms with Gasteiger partial charge < -0.3 is 15.3 Å². The smallest absolute Gasteiger partial charge is 0.271 e. The molecule has 0 spiro atoms. The lowest BCUT2D eigenvalue weighted by Crippen LogP contribution is -2.01. The Bertz CT molecular complexity index is 749. The van der Waals surface area contributed by atoms with Crippen LogP contribution in [0.2, 0.25) is 5.02 Å². The maximum absolute atomic E-state index is 10.7. The Labute approximate surface area is 137 Å². The maximum Gasteiger partial charge on any atom is 0.271 e. The molecule has 2 rings (SSSR count). The average molecular weight is 336 g/mol. The molecule has 0 unspecified atom stereocenters. The molecule has 0 saturated carbocycles. The van der Waals surface area contributed by atoms with Crippen molar-refractivity contribution in [1.29, 1.82) is 0 Å². The molecule has 0 bridgehead atoms. The molecular formula is C15H14ClN3O4. The minimum atomic E-state index is -0.520. The van der Waals surface area contributed by atoms with Gasteiger partial charge in [0.15, 0.2) is 0 Å². The number of nitrogens with zero attached hydrogens (tertiary/aromatic N) is 2. The first-order valence-corrected chi connectivity index (χ1v) is 6.90. The standard InChI is InChI=1S/C15H14ClN3O4/c1-22-14-4-2-10(8-18-17)6-11(14)9-23-15-5-3-12(19(20)21)7-13(15)16/h2-8H,9,17H2,1H3. The van der Waals surface area contributed by atoms with Gasteiger partial charge in [-0.25, -0.2) is 0 Å².